The molecular weight excluding hydrogens is 454 g/mol. The van der Waals surface area contributed by atoms with Gasteiger partial charge in [0.2, 0.25) is 0 Å². The Morgan fingerprint density at radius 2 is 1.97 bits per heavy atom. The van der Waals surface area contributed by atoms with Crippen molar-refractivity contribution in [3.8, 4) is 11.4 Å². The van der Waals surface area contributed by atoms with E-state index in [0.29, 0.717) is 29.9 Å². The molecule has 1 aromatic carbocycles. The van der Waals surface area contributed by atoms with Crippen LogP contribution in [0.1, 0.15) is 59.6 Å². The van der Waals surface area contributed by atoms with Crippen molar-refractivity contribution in [3.63, 3.8) is 0 Å². The number of aliphatic hydroxyl groups is 1. The molecule has 0 saturated heterocycles. The Bertz CT molecular complexity index is 1410. The summed E-state index contributed by atoms with van der Waals surface area (Å²) in [5.74, 6) is -0.698. The fraction of sp³-hybridized carbons (Fsp3) is 0.423. The van der Waals surface area contributed by atoms with Gasteiger partial charge in [0.15, 0.2) is 5.60 Å². The molecule has 0 spiro atoms. The van der Waals surface area contributed by atoms with E-state index in [4.69, 9.17) is 15.5 Å². The number of hydrogen-bond acceptors (Lipinski definition) is 6. The minimum absolute atomic E-state index is 0. The second-order valence-electron chi connectivity index (χ2n) is 9.36. The molecule has 0 saturated carbocycles. The molecule has 0 bridgehead atoms. The molecule has 178 valence electrons. The summed E-state index contributed by atoms with van der Waals surface area (Å²) >= 11 is 0. The van der Waals surface area contributed by atoms with Gasteiger partial charge in [-0.15, -0.1) is 12.4 Å². The van der Waals surface area contributed by atoms with E-state index in [1.54, 1.807) is 17.6 Å². The van der Waals surface area contributed by atoms with Gasteiger partial charge >= 0.3 is 5.97 Å². The van der Waals surface area contributed by atoms with Gasteiger partial charge < -0.3 is 20.1 Å². The van der Waals surface area contributed by atoms with E-state index in [0.717, 1.165) is 48.9 Å². The van der Waals surface area contributed by atoms with E-state index in [1.807, 2.05) is 0 Å². The Balaban J connectivity index is 0.00000241. The van der Waals surface area contributed by atoms with Crippen LogP contribution in [-0.4, -0.2) is 27.2 Å². The van der Waals surface area contributed by atoms with Crippen molar-refractivity contribution in [3.05, 3.63) is 61.9 Å². The summed E-state index contributed by atoms with van der Waals surface area (Å²) in [6, 6.07) is 6.04. The van der Waals surface area contributed by atoms with E-state index in [-0.39, 0.29) is 31.0 Å². The molecule has 3 aliphatic rings. The zero-order valence-corrected chi connectivity index (χ0v) is 20.0. The Morgan fingerprint density at radius 3 is 2.74 bits per heavy atom. The summed E-state index contributed by atoms with van der Waals surface area (Å²) in [4.78, 5) is 30.9. The molecule has 3 aromatic rings. The van der Waals surface area contributed by atoms with E-state index in [2.05, 4.69) is 12.1 Å². The third-order valence-corrected chi connectivity index (χ3v) is 7.68. The molecule has 8 heteroatoms. The molecule has 34 heavy (non-hydrogen) atoms. The SMILES string of the molecule is CCC1(O)C(=O)OCc2c1cc1n(c2=O)Cc2c-1nc1ccc(CCCN)c3c1c2CCC3.Cl. The number of pyridine rings is 2. The second kappa shape index (κ2) is 8.18. The summed E-state index contributed by atoms with van der Waals surface area (Å²) in [7, 11) is 0. The highest BCUT2D eigenvalue weighted by atomic mass is 35.5. The number of nitrogens with two attached hydrogens (primary N) is 1. The molecule has 1 atom stereocenters. The number of esters is 1. The van der Waals surface area contributed by atoms with Crippen molar-refractivity contribution in [1.29, 1.82) is 0 Å². The zero-order chi connectivity index (χ0) is 22.9. The second-order valence-corrected chi connectivity index (χ2v) is 9.36. The number of carbonyl (C=O) groups is 1. The average molecular weight is 482 g/mol. The average Bonchev–Trinajstić information content (AvgIpc) is 3.21. The van der Waals surface area contributed by atoms with Crippen molar-refractivity contribution in [2.45, 2.75) is 64.2 Å². The molecule has 3 N–H and O–H groups in total. The van der Waals surface area contributed by atoms with Crippen LogP contribution >= 0.6 is 12.4 Å². The van der Waals surface area contributed by atoms with Crippen molar-refractivity contribution in [2.75, 3.05) is 6.54 Å². The molecule has 2 aromatic heterocycles. The van der Waals surface area contributed by atoms with Crippen molar-refractivity contribution >= 4 is 29.3 Å². The van der Waals surface area contributed by atoms with E-state index in [1.165, 1.54) is 22.1 Å². The third-order valence-electron chi connectivity index (χ3n) is 7.68. The number of aryl methyl sites for hydroxylation is 3. The lowest BCUT2D eigenvalue weighted by Gasteiger charge is -2.31. The van der Waals surface area contributed by atoms with Crippen LogP contribution < -0.4 is 11.3 Å². The molecule has 2 aliphatic heterocycles. The van der Waals surface area contributed by atoms with Crippen LogP contribution in [0, 0.1) is 0 Å². The topological polar surface area (TPSA) is 107 Å². The first-order valence-electron chi connectivity index (χ1n) is 11.8. The molecular formula is C26H28ClN3O4. The molecule has 0 amide bonds. The Morgan fingerprint density at radius 1 is 1.18 bits per heavy atom. The predicted molar refractivity (Wildman–Crippen MR) is 131 cm³/mol. The molecule has 4 heterocycles. The smallest absolute Gasteiger partial charge is 0.343 e. The standard InChI is InChI=1S/C26H27N3O4.ClH/c1-2-26(32)19-11-21-23-17(12-29(21)24(30)18(19)13-33-25(26)31)16-7-3-6-15-14(5-4-10-27)8-9-20(28-23)22(15)16;/h8-9,11,32H,2-7,10,12-13,27H2,1H3;1H. The Labute approximate surface area is 203 Å². The van der Waals surface area contributed by atoms with Crippen LogP contribution in [0.3, 0.4) is 0 Å². The third kappa shape index (κ3) is 3.00. The van der Waals surface area contributed by atoms with Gasteiger partial charge in [0.1, 0.15) is 6.61 Å². The lowest BCUT2D eigenvalue weighted by atomic mass is 9.83. The Kier molecular flexibility index (Phi) is 5.54. The molecule has 1 unspecified atom stereocenters. The van der Waals surface area contributed by atoms with E-state index >= 15 is 0 Å². The first kappa shape index (κ1) is 23.0. The summed E-state index contributed by atoms with van der Waals surface area (Å²) in [5.41, 5.74) is 12.0. The molecule has 0 radical (unpaired) electrons. The monoisotopic (exact) mass is 481 g/mol. The number of hydrogen-bond donors (Lipinski definition) is 2. The number of ether oxygens (including phenoxy) is 1. The number of fused-ring (bicyclic) bond motifs is 5. The number of cyclic esters (lactones) is 1. The predicted octanol–water partition coefficient (Wildman–Crippen LogP) is 2.88. The van der Waals surface area contributed by atoms with Crippen LogP contribution in [-0.2, 0) is 47.5 Å². The van der Waals surface area contributed by atoms with Crippen molar-refractivity contribution < 1.29 is 14.6 Å². The minimum atomic E-state index is -1.80. The maximum Gasteiger partial charge on any atom is 0.343 e. The maximum absolute atomic E-state index is 13.5. The summed E-state index contributed by atoms with van der Waals surface area (Å²) < 4.78 is 6.91. The van der Waals surface area contributed by atoms with Gasteiger partial charge in [-0.25, -0.2) is 9.78 Å². The summed E-state index contributed by atoms with van der Waals surface area (Å²) in [6.45, 7) is 2.74. The lowest BCUT2D eigenvalue weighted by Crippen LogP contribution is -2.44. The number of halogens is 1. The number of aromatic nitrogens is 2. The first-order valence-corrected chi connectivity index (χ1v) is 11.8. The number of rotatable bonds is 4. The zero-order valence-electron chi connectivity index (χ0n) is 19.1. The normalized spacial score (nSPS) is 19.8. The van der Waals surface area contributed by atoms with Crippen molar-refractivity contribution in [2.24, 2.45) is 5.73 Å². The van der Waals surface area contributed by atoms with Gasteiger partial charge in [-0.2, -0.15) is 0 Å². The van der Waals surface area contributed by atoms with Crippen LogP contribution in [0.15, 0.2) is 23.0 Å². The largest absolute Gasteiger partial charge is 0.458 e. The van der Waals surface area contributed by atoms with Crippen LogP contribution in [0.4, 0.5) is 0 Å². The molecule has 0 fully saturated rings. The quantitative estimate of drug-likeness (QED) is 0.434. The van der Waals surface area contributed by atoms with Gasteiger partial charge in [-0.1, -0.05) is 13.0 Å². The maximum atomic E-state index is 13.5. The molecule has 1 aliphatic carbocycles. The highest BCUT2D eigenvalue weighted by Crippen LogP contribution is 2.42. The Hall–Kier alpha value is -2.74. The van der Waals surface area contributed by atoms with E-state index < -0.39 is 11.6 Å². The van der Waals surface area contributed by atoms with Gasteiger partial charge in [0.05, 0.1) is 29.0 Å². The van der Waals surface area contributed by atoms with Gasteiger partial charge in [-0.05, 0) is 73.9 Å². The minimum Gasteiger partial charge on any atom is -0.458 e. The number of carbonyl (C=O) groups excluding carboxylic acids is 1. The van der Waals surface area contributed by atoms with Gasteiger partial charge in [0, 0.05) is 16.5 Å². The van der Waals surface area contributed by atoms with Crippen LogP contribution in [0.5, 0.6) is 0 Å². The molecule has 7 nitrogen and oxygen atoms in total. The first-order chi connectivity index (χ1) is 16.0. The number of benzene rings is 1. The number of nitrogens with zero attached hydrogens (tertiary/aromatic N) is 2. The highest BCUT2D eigenvalue weighted by Gasteiger charge is 2.45. The lowest BCUT2D eigenvalue weighted by molar-refractivity contribution is -0.172. The highest BCUT2D eigenvalue weighted by molar-refractivity contribution is 5.92. The van der Waals surface area contributed by atoms with Crippen molar-refractivity contribution in [1.82, 2.24) is 9.55 Å². The summed E-state index contributed by atoms with van der Waals surface area (Å²) in [6.07, 6.45) is 5.12. The van der Waals surface area contributed by atoms with Gasteiger partial charge in [0.25, 0.3) is 5.56 Å². The van der Waals surface area contributed by atoms with Crippen LogP contribution in [0.2, 0.25) is 0 Å². The van der Waals surface area contributed by atoms with E-state index in [9.17, 15) is 14.7 Å². The molecule has 6 rings (SSSR count). The fourth-order valence-electron chi connectivity index (χ4n) is 5.91. The van der Waals surface area contributed by atoms with Crippen LogP contribution in [0.25, 0.3) is 22.3 Å². The van der Waals surface area contributed by atoms with Gasteiger partial charge in [-0.3, -0.25) is 4.79 Å². The fourth-order valence-corrected chi connectivity index (χ4v) is 5.91. The summed E-state index contributed by atoms with van der Waals surface area (Å²) in [5, 5.41) is 12.3.